The highest BCUT2D eigenvalue weighted by Crippen LogP contribution is 2.15. The highest BCUT2D eigenvalue weighted by Gasteiger charge is 1.98. The van der Waals surface area contributed by atoms with E-state index in [1.165, 1.54) is 16.7 Å². The molecule has 1 aromatic rings. The van der Waals surface area contributed by atoms with Crippen molar-refractivity contribution in [2.75, 3.05) is 5.73 Å². The summed E-state index contributed by atoms with van der Waals surface area (Å²) in [6.07, 6.45) is 0.927. The normalized spacial score (nSPS) is 9.83. The Morgan fingerprint density at radius 1 is 1.50 bits per heavy atom. The van der Waals surface area contributed by atoms with Crippen molar-refractivity contribution in [3.63, 3.8) is 0 Å². The maximum Gasteiger partial charge on any atom is 0.0317 e. The van der Waals surface area contributed by atoms with Crippen LogP contribution in [0.25, 0.3) is 0 Å². The molecule has 0 unspecified atom stereocenters. The number of rotatable bonds is 2. The molecule has 1 nitrogen and oxygen atoms in total. The van der Waals surface area contributed by atoms with E-state index in [1.54, 1.807) is 0 Å². The van der Waals surface area contributed by atoms with Gasteiger partial charge in [0.1, 0.15) is 0 Å². The minimum absolute atomic E-state index is 0.830. The average Bonchev–Trinajstić information content (AvgIpc) is 1.96. The molecule has 12 heavy (non-hydrogen) atoms. The van der Waals surface area contributed by atoms with E-state index in [4.69, 9.17) is 5.73 Å². The van der Waals surface area contributed by atoms with Gasteiger partial charge in [0.15, 0.2) is 0 Å². The summed E-state index contributed by atoms with van der Waals surface area (Å²) in [5, 5.41) is 0. The van der Waals surface area contributed by atoms with Crippen molar-refractivity contribution < 1.29 is 0 Å². The lowest BCUT2D eigenvalue weighted by Crippen LogP contribution is -1.93. The number of hydrogen-bond donors (Lipinski definition) is 1. The van der Waals surface area contributed by atoms with Gasteiger partial charge in [-0.3, -0.25) is 0 Å². The molecule has 0 fully saturated rings. The standard InChI is InChI=1S/C11H15N/c1-8(2)6-10-7-11(12)5-4-9(10)3/h4-5,7H,1,6,12H2,2-3H3. The molecule has 0 heterocycles. The molecular weight excluding hydrogens is 146 g/mol. The summed E-state index contributed by atoms with van der Waals surface area (Å²) in [4.78, 5) is 0. The van der Waals surface area contributed by atoms with Gasteiger partial charge in [-0.25, -0.2) is 0 Å². The van der Waals surface area contributed by atoms with Crippen molar-refractivity contribution in [3.8, 4) is 0 Å². The van der Waals surface area contributed by atoms with E-state index in [0.29, 0.717) is 0 Å². The third-order valence-corrected chi connectivity index (χ3v) is 1.87. The quantitative estimate of drug-likeness (QED) is 0.523. The van der Waals surface area contributed by atoms with Gasteiger partial charge in [0, 0.05) is 5.69 Å². The van der Waals surface area contributed by atoms with Crippen LogP contribution < -0.4 is 5.73 Å². The number of anilines is 1. The Hall–Kier alpha value is -1.24. The maximum atomic E-state index is 5.67. The zero-order chi connectivity index (χ0) is 9.14. The van der Waals surface area contributed by atoms with E-state index in [1.807, 2.05) is 25.1 Å². The van der Waals surface area contributed by atoms with Crippen LogP contribution in [0.3, 0.4) is 0 Å². The van der Waals surface area contributed by atoms with Crippen LogP contribution in [0.5, 0.6) is 0 Å². The van der Waals surface area contributed by atoms with Crippen LogP contribution in [-0.4, -0.2) is 0 Å². The fourth-order valence-corrected chi connectivity index (χ4v) is 1.21. The van der Waals surface area contributed by atoms with Crippen molar-refractivity contribution in [1.29, 1.82) is 0 Å². The first-order valence-electron chi connectivity index (χ1n) is 4.09. The molecule has 0 amide bonds. The molecule has 2 N–H and O–H groups in total. The molecule has 0 bridgehead atoms. The number of hydrogen-bond acceptors (Lipinski definition) is 1. The van der Waals surface area contributed by atoms with Gasteiger partial charge in [0.05, 0.1) is 0 Å². The number of nitrogen functional groups attached to an aromatic ring is 1. The van der Waals surface area contributed by atoms with Crippen LogP contribution in [0, 0.1) is 6.92 Å². The second-order valence-corrected chi connectivity index (χ2v) is 3.32. The molecule has 0 aliphatic carbocycles. The molecule has 0 aliphatic heterocycles. The molecule has 0 aliphatic rings. The Balaban J connectivity index is 2.97. The lowest BCUT2D eigenvalue weighted by Gasteiger charge is -2.05. The molecule has 64 valence electrons. The molecule has 1 aromatic carbocycles. The number of benzene rings is 1. The van der Waals surface area contributed by atoms with Crippen LogP contribution in [0.2, 0.25) is 0 Å². The zero-order valence-electron chi connectivity index (χ0n) is 7.72. The first-order chi connectivity index (χ1) is 5.59. The second-order valence-electron chi connectivity index (χ2n) is 3.32. The topological polar surface area (TPSA) is 26.0 Å². The Bertz CT molecular complexity index is 300. The highest BCUT2D eigenvalue weighted by atomic mass is 14.5. The predicted molar refractivity (Wildman–Crippen MR) is 54.1 cm³/mol. The van der Waals surface area contributed by atoms with Crippen molar-refractivity contribution in [2.24, 2.45) is 0 Å². The first-order valence-corrected chi connectivity index (χ1v) is 4.09. The van der Waals surface area contributed by atoms with Crippen LogP contribution in [0.4, 0.5) is 5.69 Å². The number of allylic oxidation sites excluding steroid dienone is 1. The fourth-order valence-electron chi connectivity index (χ4n) is 1.21. The second kappa shape index (κ2) is 3.44. The average molecular weight is 161 g/mol. The van der Waals surface area contributed by atoms with Crippen molar-refractivity contribution in [1.82, 2.24) is 0 Å². The summed E-state index contributed by atoms with van der Waals surface area (Å²) in [6, 6.07) is 5.99. The fraction of sp³-hybridized carbons (Fsp3) is 0.273. The third-order valence-electron chi connectivity index (χ3n) is 1.87. The lowest BCUT2D eigenvalue weighted by atomic mass is 10.0. The van der Waals surface area contributed by atoms with E-state index < -0.39 is 0 Å². The SMILES string of the molecule is C=C(C)Cc1cc(N)ccc1C. The van der Waals surface area contributed by atoms with E-state index in [-0.39, 0.29) is 0 Å². The number of nitrogens with two attached hydrogens (primary N) is 1. The molecule has 1 heteroatoms. The molecule has 0 radical (unpaired) electrons. The monoisotopic (exact) mass is 161 g/mol. The van der Waals surface area contributed by atoms with Gasteiger partial charge >= 0.3 is 0 Å². The lowest BCUT2D eigenvalue weighted by molar-refractivity contribution is 1.13. The van der Waals surface area contributed by atoms with Gasteiger partial charge in [-0.2, -0.15) is 0 Å². The third kappa shape index (κ3) is 2.12. The van der Waals surface area contributed by atoms with Gasteiger partial charge in [-0.05, 0) is 43.5 Å². The predicted octanol–water partition coefficient (Wildman–Crippen LogP) is 2.70. The van der Waals surface area contributed by atoms with E-state index >= 15 is 0 Å². The van der Waals surface area contributed by atoms with Crippen LogP contribution in [0.15, 0.2) is 30.4 Å². The minimum atomic E-state index is 0.830. The first kappa shape index (κ1) is 8.85. The Morgan fingerprint density at radius 3 is 2.75 bits per heavy atom. The van der Waals surface area contributed by atoms with Crippen molar-refractivity contribution in [3.05, 3.63) is 41.5 Å². The minimum Gasteiger partial charge on any atom is -0.399 e. The van der Waals surface area contributed by atoms with Crippen molar-refractivity contribution in [2.45, 2.75) is 20.3 Å². The largest absolute Gasteiger partial charge is 0.399 e. The van der Waals surface area contributed by atoms with Gasteiger partial charge < -0.3 is 5.73 Å². The summed E-state index contributed by atoms with van der Waals surface area (Å²) >= 11 is 0. The van der Waals surface area contributed by atoms with Gasteiger partial charge in [-0.1, -0.05) is 18.2 Å². The molecular formula is C11H15N. The highest BCUT2D eigenvalue weighted by molar-refractivity contribution is 5.45. The Morgan fingerprint density at radius 2 is 2.17 bits per heavy atom. The zero-order valence-corrected chi connectivity index (χ0v) is 7.72. The van der Waals surface area contributed by atoms with Crippen LogP contribution in [0.1, 0.15) is 18.1 Å². The summed E-state index contributed by atoms with van der Waals surface area (Å²) in [7, 11) is 0. The summed E-state index contributed by atoms with van der Waals surface area (Å²) in [5.74, 6) is 0. The Labute approximate surface area is 73.9 Å². The van der Waals surface area contributed by atoms with Gasteiger partial charge in [0.2, 0.25) is 0 Å². The van der Waals surface area contributed by atoms with E-state index in [0.717, 1.165) is 12.1 Å². The maximum absolute atomic E-state index is 5.67. The Kier molecular flexibility index (Phi) is 2.54. The molecule has 0 aromatic heterocycles. The molecule has 0 spiro atoms. The van der Waals surface area contributed by atoms with Crippen molar-refractivity contribution >= 4 is 5.69 Å². The van der Waals surface area contributed by atoms with Crippen LogP contribution >= 0.6 is 0 Å². The van der Waals surface area contributed by atoms with E-state index in [9.17, 15) is 0 Å². The van der Waals surface area contributed by atoms with Gasteiger partial charge in [0.25, 0.3) is 0 Å². The summed E-state index contributed by atoms with van der Waals surface area (Å²) in [5.41, 5.74) is 10.2. The number of aryl methyl sites for hydroxylation is 1. The van der Waals surface area contributed by atoms with Crippen LogP contribution in [-0.2, 0) is 6.42 Å². The summed E-state index contributed by atoms with van der Waals surface area (Å²) in [6.45, 7) is 8.01. The molecule has 0 saturated heterocycles. The van der Waals surface area contributed by atoms with Gasteiger partial charge in [-0.15, -0.1) is 0 Å². The smallest absolute Gasteiger partial charge is 0.0317 e. The molecule has 1 rings (SSSR count). The molecule has 0 atom stereocenters. The summed E-state index contributed by atoms with van der Waals surface area (Å²) < 4.78 is 0. The van der Waals surface area contributed by atoms with E-state index in [2.05, 4.69) is 13.5 Å². The molecule has 0 saturated carbocycles.